The first-order valence-corrected chi connectivity index (χ1v) is 7.07. The van der Waals surface area contributed by atoms with E-state index in [0.717, 1.165) is 11.0 Å². The highest BCUT2D eigenvalue weighted by Crippen LogP contribution is 2.23. The Bertz CT molecular complexity index is 500. The van der Waals surface area contributed by atoms with Gasteiger partial charge in [-0.25, -0.2) is 0 Å². The maximum absolute atomic E-state index is 11.7. The second-order valence-corrected chi connectivity index (χ2v) is 6.43. The maximum Gasteiger partial charge on any atom is 0.134 e. The SMILES string of the molecule is CC(C)S(=O)CC(N)c1cc2ccccc2o1. The molecular formula is C13H17NO2S. The molecule has 4 heteroatoms. The minimum Gasteiger partial charge on any atom is -0.459 e. The molecule has 17 heavy (non-hydrogen) atoms. The molecule has 0 aliphatic heterocycles. The third kappa shape index (κ3) is 2.76. The van der Waals surface area contributed by atoms with E-state index in [4.69, 9.17) is 10.2 Å². The van der Waals surface area contributed by atoms with Crippen molar-refractivity contribution in [3.63, 3.8) is 0 Å². The lowest BCUT2D eigenvalue weighted by Crippen LogP contribution is -2.21. The molecule has 2 rings (SSSR count). The molecule has 0 saturated carbocycles. The van der Waals surface area contributed by atoms with E-state index in [1.807, 2.05) is 44.2 Å². The Morgan fingerprint density at radius 3 is 2.71 bits per heavy atom. The average Bonchev–Trinajstić information content (AvgIpc) is 2.72. The van der Waals surface area contributed by atoms with Crippen molar-refractivity contribution >= 4 is 21.8 Å². The summed E-state index contributed by atoms with van der Waals surface area (Å²) in [5.74, 6) is 1.15. The van der Waals surface area contributed by atoms with Crippen molar-refractivity contribution < 1.29 is 8.63 Å². The zero-order valence-corrected chi connectivity index (χ0v) is 10.9. The quantitative estimate of drug-likeness (QED) is 0.908. The number of hydrogen-bond donors (Lipinski definition) is 1. The number of rotatable bonds is 4. The zero-order chi connectivity index (χ0) is 12.4. The van der Waals surface area contributed by atoms with E-state index in [2.05, 4.69) is 0 Å². The number of benzene rings is 1. The summed E-state index contributed by atoms with van der Waals surface area (Å²) in [5.41, 5.74) is 6.84. The fourth-order valence-corrected chi connectivity index (χ4v) is 2.54. The van der Waals surface area contributed by atoms with Crippen molar-refractivity contribution in [3.8, 4) is 0 Å². The van der Waals surface area contributed by atoms with Gasteiger partial charge in [0.2, 0.25) is 0 Å². The molecule has 0 radical (unpaired) electrons. The summed E-state index contributed by atoms with van der Waals surface area (Å²) in [6, 6.07) is 9.40. The lowest BCUT2D eigenvalue weighted by Gasteiger charge is -2.10. The van der Waals surface area contributed by atoms with Crippen LogP contribution in [-0.4, -0.2) is 15.2 Å². The van der Waals surface area contributed by atoms with Gasteiger partial charge >= 0.3 is 0 Å². The van der Waals surface area contributed by atoms with Gasteiger partial charge in [-0.2, -0.15) is 0 Å². The van der Waals surface area contributed by atoms with Gasteiger partial charge in [0.1, 0.15) is 11.3 Å². The summed E-state index contributed by atoms with van der Waals surface area (Å²) in [5, 5.41) is 1.17. The third-order valence-electron chi connectivity index (χ3n) is 2.68. The van der Waals surface area contributed by atoms with Crippen molar-refractivity contribution in [1.29, 1.82) is 0 Å². The molecule has 1 aromatic carbocycles. The Morgan fingerprint density at radius 1 is 1.35 bits per heavy atom. The Hall–Kier alpha value is -1.13. The van der Waals surface area contributed by atoms with Crippen LogP contribution in [0.3, 0.4) is 0 Å². The summed E-state index contributed by atoms with van der Waals surface area (Å²) >= 11 is 0. The predicted molar refractivity (Wildman–Crippen MR) is 71.3 cm³/mol. The first kappa shape index (κ1) is 12.3. The van der Waals surface area contributed by atoms with E-state index in [9.17, 15) is 4.21 Å². The Balaban J connectivity index is 2.19. The molecule has 2 unspecified atom stereocenters. The minimum absolute atomic E-state index is 0.130. The minimum atomic E-state index is -0.909. The summed E-state index contributed by atoms with van der Waals surface area (Å²) < 4.78 is 17.4. The number of furan rings is 1. The number of fused-ring (bicyclic) bond motifs is 1. The number of hydrogen-bond acceptors (Lipinski definition) is 3. The molecule has 92 valence electrons. The largest absolute Gasteiger partial charge is 0.459 e. The van der Waals surface area contributed by atoms with Gasteiger partial charge in [0.15, 0.2) is 0 Å². The van der Waals surface area contributed by atoms with Crippen LogP contribution < -0.4 is 5.73 Å². The maximum atomic E-state index is 11.7. The van der Waals surface area contributed by atoms with Gasteiger partial charge in [-0.1, -0.05) is 32.0 Å². The van der Waals surface area contributed by atoms with E-state index >= 15 is 0 Å². The first-order valence-electron chi connectivity index (χ1n) is 5.69. The Kier molecular flexibility index (Phi) is 3.64. The standard InChI is InChI=1S/C13H17NO2S/c1-9(2)17(15)8-11(14)13-7-10-5-3-4-6-12(10)16-13/h3-7,9,11H,8,14H2,1-2H3. The van der Waals surface area contributed by atoms with Crippen molar-refractivity contribution in [2.24, 2.45) is 5.73 Å². The normalized spacial score (nSPS) is 15.3. The molecule has 0 aliphatic rings. The lowest BCUT2D eigenvalue weighted by molar-refractivity contribution is 0.513. The smallest absolute Gasteiger partial charge is 0.134 e. The van der Waals surface area contributed by atoms with Crippen LogP contribution in [0.15, 0.2) is 34.7 Å². The van der Waals surface area contributed by atoms with E-state index in [0.29, 0.717) is 11.5 Å². The molecule has 2 N–H and O–H groups in total. The molecule has 0 saturated heterocycles. The molecule has 1 aromatic heterocycles. The summed E-state index contributed by atoms with van der Waals surface area (Å²) in [6.07, 6.45) is 0. The van der Waals surface area contributed by atoms with E-state index in [1.54, 1.807) is 0 Å². The second-order valence-electron chi connectivity index (χ2n) is 4.39. The third-order valence-corrected chi connectivity index (χ3v) is 4.42. The van der Waals surface area contributed by atoms with Gasteiger partial charge in [0, 0.05) is 27.2 Å². The number of para-hydroxylation sites is 1. The molecule has 0 amide bonds. The van der Waals surface area contributed by atoms with E-state index in [-0.39, 0.29) is 11.3 Å². The van der Waals surface area contributed by atoms with Crippen molar-refractivity contribution in [1.82, 2.24) is 0 Å². The Morgan fingerprint density at radius 2 is 2.06 bits per heavy atom. The topological polar surface area (TPSA) is 56.2 Å². The molecule has 2 aromatic rings. The molecule has 0 spiro atoms. The van der Waals surface area contributed by atoms with Crippen molar-refractivity contribution in [2.75, 3.05) is 5.75 Å². The highest BCUT2D eigenvalue weighted by Gasteiger charge is 2.16. The Labute approximate surface area is 103 Å². The molecule has 1 heterocycles. The van der Waals surface area contributed by atoms with Gasteiger partial charge in [0.05, 0.1) is 6.04 Å². The van der Waals surface area contributed by atoms with Crippen LogP contribution in [0.4, 0.5) is 0 Å². The molecular weight excluding hydrogens is 234 g/mol. The van der Waals surface area contributed by atoms with Crippen LogP contribution in [0.2, 0.25) is 0 Å². The monoisotopic (exact) mass is 251 g/mol. The molecule has 0 bridgehead atoms. The zero-order valence-electron chi connectivity index (χ0n) is 10.1. The highest BCUT2D eigenvalue weighted by atomic mass is 32.2. The summed E-state index contributed by atoms with van der Waals surface area (Å²) in [4.78, 5) is 0. The van der Waals surface area contributed by atoms with Gasteiger partial charge in [-0.15, -0.1) is 0 Å². The van der Waals surface area contributed by atoms with Crippen LogP contribution in [0.5, 0.6) is 0 Å². The predicted octanol–water partition coefficient (Wildman–Crippen LogP) is 2.59. The van der Waals surface area contributed by atoms with Gasteiger partial charge in [0.25, 0.3) is 0 Å². The van der Waals surface area contributed by atoms with E-state index in [1.165, 1.54) is 0 Å². The van der Waals surface area contributed by atoms with E-state index < -0.39 is 10.8 Å². The fourth-order valence-electron chi connectivity index (χ4n) is 1.64. The average molecular weight is 251 g/mol. The van der Waals surface area contributed by atoms with Gasteiger partial charge in [-0.3, -0.25) is 4.21 Å². The summed E-state index contributed by atoms with van der Waals surface area (Å²) in [6.45, 7) is 3.86. The second kappa shape index (κ2) is 5.02. The highest BCUT2D eigenvalue weighted by molar-refractivity contribution is 7.85. The fraction of sp³-hybridized carbons (Fsp3) is 0.385. The first-order chi connectivity index (χ1) is 8.08. The molecule has 3 nitrogen and oxygen atoms in total. The van der Waals surface area contributed by atoms with Gasteiger partial charge < -0.3 is 10.2 Å². The molecule has 0 fully saturated rings. The van der Waals surface area contributed by atoms with Crippen LogP contribution >= 0.6 is 0 Å². The van der Waals surface area contributed by atoms with Crippen LogP contribution in [0.1, 0.15) is 25.6 Å². The van der Waals surface area contributed by atoms with Crippen LogP contribution in [0.25, 0.3) is 11.0 Å². The molecule has 0 aliphatic carbocycles. The van der Waals surface area contributed by atoms with Crippen molar-refractivity contribution in [2.45, 2.75) is 25.1 Å². The van der Waals surface area contributed by atoms with Crippen LogP contribution in [-0.2, 0) is 10.8 Å². The summed E-state index contributed by atoms with van der Waals surface area (Å²) in [7, 11) is -0.909. The number of nitrogens with two attached hydrogens (primary N) is 1. The van der Waals surface area contributed by atoms with Gasteiger partial charge in [-0.05, 0) is 12.1 Å². The lowest BCUT2D eigenvalue weighted by atomic mass is 10.2. The van der Waals surface area contributed by atoms with Crippen molar-refractivity contribution in [3.05, 3.63) is 36.1 Å². The molecule has 2 atom stereocenters. The van der Waals surface area contributed by atoms with Crippen LogP contribution in [0, 0.1) is 0 Å².